The maximum absolute atomic E-state index is 12.4. The van der Waals surface area contributed by atoms with Crippen LogP contribution in [0.1, 0.15) is 76.2 Å². The molecule has 1 saturated heterocycles. The molecule has 0 spiro atoms. The molecule has 0 atom stereocenters. The van der Waals surface area contributed by atoms with Gasteiger partial charge in [0.05, 0.1) is 25.4 Å². The Morgan fingerprint density at radius 1 is 0.967 bits per heavy atom. The summed E-state index contributed by atoms with van der Waals surface area (Å²) in [6, 6.07) is 3.47. The summed E-state index contributed by atoms with van der Waals surface area (Å²) in [5, 5.41) is 0. The van der Waals surface area contributed by atoms with E-state index in [4.69, 9.17) is 18.9 Å². The fourth-order valence-corrected chi connectivity index (χ4v) is 3.56. The number of hydrogen-bond acceptors (Lipinski definition) is 6. The van der Waals surface area contributed by atoms with Crippen molar-refractivity contribution in [1.29, 1.82) is 0 Å². The van der Waals surface area contributed by atoms with E-state index in [9.17, 15) is 9.59 Å². The lowest BCUT2D eigenvalue weighted by atomic mass is 9.87. The Balaban J connectivity index is 2.27. The second-order valence-electron chi connectivity index (χ2n) is 8.21. The number of hydrogen-bond donors (Lipinski definition) is 0. The molecule has 1 aliphatic rings. The van der Waals surface area contributed by atoms with Crippen LogP contribution >= 0.6 is 0 Å². The van der Waals surface area contributed by atoms with Gasteiger partial charge >= 0.3 is 12.1 Å². The Morgan fingerprint density at radius 3 is 1.93 bits per heavy atom. The van der Waals surface area contributed by atoms with Crippen LogP contribution in [0.25, 0.3) is 0 Å². The molecule has 30 heavy (non-hydrogen) atoms. The molecule has 1 aromatic rings. The van der Waals surface area contributed by atoms with Gasteiger partial charge in [0, 0.05) is 18.7 Å². The second-order valence-corrected chi connectivity index (χ2v) is 8.21. The van der Waals surface area contributed by atoms with Gasteiger partial charge in [0.1, 0.15) is 17.1 Å². The van der Waals surface area contributed by atoms with Crippen molar-refractivity contribution in [3.05, 3.63) is 23.3 Å². The maximum Gasteiger partial charge on any atom is 0.410 e. The van der Waals surface area contributed by atoms with Crippen molar-refractivity contribution in [2.45, 2.75) is 65.9 Å². The van der Waals surface area contributed by atoms with Crippen LogP contribution in [0.2, 0.25) is 0 Å². The van der Waals surface area contributed by atoms with Gasteiger partial charge in [-0.2, -0.15) is 0 Å². The van der Waals surface area contributed by atoms with Gasteiger partial charge in [-0.1, -0.05) is 0 Å². The van der Waals surface area contributed by atoms with E-state index in [1.807, 2.05) is 34.6 Å². The molecule has 1 aliphatic heterocycles. The van der Waals surface area contributed by atoms with Crippen molar-refractivity contribution < 1.29 is 28.5 Å². The molecule has 7 nitrogen and oxygen atoms in total. The molecule has 168 valence electrons. The minimum atomic E-state index is -0.513. The number of benzene rings is 1. The van der Waals surface area contributed by atoms with E-state index in [0.717, 1.165) is 18.4 Å². The summed E-state index contributed by atoms with van der Waals surface area (Å²) in [5.41, 5.74) is 0.857. The highest BCUT2D eigenvalue weighted by atomic mass is 16.6. The van der Waals surface area contributed by atoms with E-state index < -0.39 is 11.6 Å². The third-order valence-electron chi connectivity index (χ3n) is 4.77. The first-order chi connectivity index (χ1) is 14.2. The summed E-state index contributed by atoms with van der Waals surface area (Å²) < 4.78 is 22.4. The zero-order valence-corrected chi connectivity index (χ0v) is 19.1. The molecule has 0 aliphatic carbocycles. The van der Waals surface area contributed by atoms with Crippen LogP contribution in [-0.4, -0.2) is 55.5 Å². The van der Waals surface area contributed by atoms with Gasteiger partial charge in [-0.25, -0.2) is 9.59 Å². The third-order valence-corrected chi connectivity index (χ3v) is 4.77. The van der Waals surface area contributed by atoms with Gasteiger partial charge in [0.15, 0.2) is 0 Å². The number of piperidine rings is 1. The molecule has 0 aromatic heterocycles. The van der Waals surface area contributed by atoms with Crippen molar-refractivity contribution in [3.8, 4) is 11.5 Å². The molecular formula is C23H35NO6. The maximum atomic E-state index is 12.4. The summed E-state index contributed by atoms with van der Waals surface area (Å²) >= 11 is 0. The first-order valence-corrected chi connectivity index (χ1v) is 10.8. The smallest absolute Gasteiger partial charge is 0.410 e. The van der Waals surface area contributed by atoms with E-state index in [1.165, 1.54) is 0 Å². The Bertz CT molecular complexity index is 705. The monoisotopic (exact) mass is 421 g/mol. The predicted octanol–water partition coefficient (Wildman–Crippen LogP) is 4.78. The Hall–Kier alpha value is -2.44. The van der Waals surface area contributed by atoms with Crippen molar-refractivity contribution in [3.63, 3.8) is 0 Å². The van der Waals surface area contributed by atoms with E-state index in [2.05, 4.69) is 0 Å². The van der Waals surface area contributed by atoms with Crippen LogP contribution in [-0.2, 0) is 9.47 Å². The number of esters is 1. The molecule has 1 aromatic carbocycles. The van der Waals surface area contributed by atoms with E-state index in [1.54, 1.807) is 24.0 Å². The first-order valence-electron chi connectivity index (χ1n) is 10.8. The van der Waals surface area contributed by atoms with Crippen LogP contribution in [0, 0.1) is 0 Å². The highest BCUT2D eigenvalue weighted by molar-refractivity contribution is 5.91. The molecule has 1 fully saturated rings. The zero-order valence-electron chi connectivity index (χ0n) is 19.1. The molecule has 0 unspecified atom stereocenters. The topological polar surface area (TPSA) is 74.3 Å². The molecule has 1 heterocycles. The lowest BCUT2D eigenvalue weighted by Gasteiger charge is -2.34. The summed E-state index contributed by atoms with van der Waals surface area (Å²) in [5.74, 6) is 1.04. The Morgan fingerprint density at radius 2 is 1.50 bits per heavy atom. The largest absolute Gasteiger partial charge is 0.493 e. The average Bonchev–Trinajstić information content (AvgIpc) is 2.67. The Kier molecular flexibility index (Phi) is 8.38. The Labute approximate surface area is 179 Å². The van der Waals surface area contributed by atoms with Crippen LogP contribution in [0.3, 0.4) is 0 Å². The minimum Gasteiger partial charge on any atom is -0.493 e. The quantitative estimate of drug-likeness (QED) is 0.590. The normalized spacial score (nSPS) is 14.9. The second kappa shape index (κ2) is 10.5. The van der Waals surface area contributed by atoms with Gasteiger partial charge < -0.3 is 23.8 Å². The summed E-state index contributed by atoms with van der Waals surface area (Å²) in [6.07, 6.45) is 1.24. The van der Waals surface area contributed by atoms with Gasteiger partial charge in [-0.05, 0) is 72.4 Å². The van der Waals surface area contributed by atoms with Crippen LogP contribution in [0.4, 0.5) is 4.79 Å². The number of likely N-dealkylation sites (tertiary alicyclic amines) is 1. The SMILES string of the molecule is CCOC(=O)c1cc(OCC)c(C2CCN(C(=O)OC(C)(C)C)CC2)c(OCC)c1. The summed E-state index contributed by atoms with van der Waals surface area (Å²) in [7, 11) is 0. The lowest BCUT2D eigenvalue weighted by molar-refractivity contribution is 0.0203. The fraction of sp³-hybridized carbons (Fsp3) is 0.652. The number of carbonyl (C=O) groups excluding carboxylic acids is 2. The molecule has 2 rings (SSSR count). The number of carbonyl (C=O) groups is 2. The van der Waals surface area contributed by atoms with E-state index in [-0.39, 0.29) is 12.0 Å². The lowest BCUT2D eigenvalue weighted by Crippen LogP contribution is -2.41. The molecule has 0 saturated carbocycles. The molecule has 1 amide bonds. The number of rotatable bonds is 7. The van der Waals surface area contributed by atoms with Crippen LogP contribution < -0.4 is 9.47 Å². The number of amides is 1. The number of ether oxygens (including phenoxy) is 4. The molecular weight excluding hydrogens is 386 g/mol. The van der Waals surface area contributed by atoms with Crippen LogP contribution in [0.5, 0.6) is 11.5 Å². The van der Waals surface area contributed by atoms with Crippen molar-refractivity contribution >= 4 is 12.1 Å². The average molecular weight is 422 g/mol. The first kappa shape index (κ1) is 23.8. The number of nitrogens with zero attached hydrogens (tertiary/aromatic N) is 1. The minimum absolute atomic E-state index is 0.156. The molecule has 7 heteroatoms. The van der Waals surface area contributed by atoms with Crippen molar-refractivity contribution in [1.82, 2.24) is 4.90 Å². The van der Waals surface area contributed by atoms with Gasteiger partial charge in [-0.3, -0.25) is 0 Å². The molecule has 0 radical (unpaired) electrons. The third kappa shape index (κ3) is 6.28. The highest BCUT2D eigenvalue weighted by Crippen LogP contribution is 2.42. The van der Waals surface area contributed by atoms with E-state index >= 15 is 0 Å². The predicted molar refractivity (Wildman–Crippen MR) is 115 cm³/mol. The van der Waals surface area contributed by atoms with Gasteiger partial charge in [0.25, 0.3) is 0 Å². The van der Waals surface area contributed by atoms with Gasteiger partial charge in [0.2, 0.25) is 0 Å². The molecule has 0 bridgehead atoms. The van der Waals surface area contributed by atoms with Gasteiger partial charge in [-0.15, -0.1) is 0 Å². The zero-order chi connectivity index (χ0) is 22.3. The standard InChI is InChI=1S/C23H35NO6/c1-7-27-18-14-17(21(25)29-9-3)15-19(28-8-2)20(18)16-10-12-24(13-11-16)22(26)30-23(4,5)6/h14-16H,7-13H2,1-6H3. The highest BCUT2D eigenvalue weighted by Gasteiger charge is 2.31. The molecule has 0 N–H and O–H groups in total. The van der Waals surface area contributed by atoms with E-state index in [0.29, 0.717) is 50.0 Å². The summed E-state index contributed by atoms with van der Waals surface area (Å²) in [4.78, 5) is 26.4. The van der Waals surface area contributed by atoms with Crippen LogP contribution in [0.15, 0.2) is 12.1 Å². The van der Waals surface area contributed by atoms with Crippen molar-refractivity contribution in [2.24, 2.45) is 0 Å². The van der Waals surface area contributed by atoms with Crippen molar-refractivity contribution in [2.75, 3.05) is 32.9 Å². The fourth-order valence-electron chi connectivity index (χ4n) is 3.56. The summed E-state index contributed by atoms with van der Waals surface area (Å²) in [6.45, 7) is 13.6.